The highest BCUT2D eigenvalue weighted by Crippen LogP contribution is 2.13. The van der Waals surface area contributed by atoms with Gasteiger partial charge in [0.1, 0.15) is 12.1 Å². The average Bonchev–Trinajstić information content (AvgIpc) is 2.39. The lowest BCUT2D eigenvalue weighted by molar-refractivity contribution is -0.122. The molecule has 0 heterocycles. The minimum atomic E-state index is -0.198. The summed E-state index contributed by atoms with van der Waals surface area (Å²) in [7, 11) is 0. The van der Waals surface area contributed by atoms with Gasteiger partial charge in [-0.1, -0.05) is 30.3 Å². The number of ketones is 1. The van der Waals surface area contributed by atoms with E-state index in [0.29, 0.717) is 25.1 Å². The van der Waals surface area contributed by atoms with Crippen molar-refractivity contribution in [3.05, 3.63) is 35.9 Å². The van der Waals surface area contributed by atoms with E-state index in [4.69, 9.17) is 11.6 Å². The molecule has 1 atom stereocenters. The number of benzene rings is 1. The van der Waals surface area contributed by atoms with E-state index in [-0.39, 0.29) is 11.7 Å². The maximum absolute atomic E-state index is 11.7. The van der Waals surface area contributed by atoms with Gasteiger partial charge in [0.2, 0.25) is 0 Å². The second kappa shape index (κ2) is 8.87. The van der Waals surface area contributed by atoms with Crippen molar-refractivity contribution in [2.45, 2.75) is 32.1 Å². The standard InChI is InChI=1S/C15H19ClO2/c16-9-5-4-8-15(18)11-14(12-17)10-13-6-2-1-3-7-13/h1-3,6-7,12,14H,4-5,8-11H2. The number of alkyl halides is 1. The zero-order valence-electron chi connectivity index (χ0n) is 10.5. The van der Waals surface area contributed by atoms with Crippen LogP contribution in [0.1, 0.15) is 31.2 Å². The van der Waals surface area contributed by atoms with Crippen LogP contribution in [0.3, 0.4) is 0 Å². The van der Waals surface area contributed by atoms with Gasteiger partial charge in [0.25, 0.3) is 0 Å². The maximum atomic E-state index is 11.7. The predicted molar refractivity (Wildman–Crippen MR) is 73.9 cm³/mol. The molecule has 0 aliphatic heterocycles. The summed E-state index contributed by atoms with van der Waals surface area (Å²) in [5.41, 5.74) is 1.10. The third-order valence-corrected chi connectivity index (χ3v) is 3.13. The normalized spacial score (nSPS) is 12.1. The molecule has 3 heteroatoms. The largest absolute Gasteiger partial charge is 0.303 e. The van der Waals surface area contributed by atoms with Crippen molar-refractivity contribution in [3.8, 4) is 0 Å². The summed E-state index contributed by atoms with van der Waals surface area (Å²) >= 11 is 5.56. The first kappa shape index (κ1) is 14.9. The van der Waals surface area contributed by atoms with E-state index < -0.39 is 0 Å². The smallest absolute Gasteiger partial charge is 0.133 e. The summed E-state index contributed by atoms with van der Waals surface area (Å²) in [5.74, 6) is 0.554. The topological polar surface area (TPSA) is 34.1 Å². The molecule has 1 aromatic carbocycles. The van der Waals surface area contributed by atoms with Gasteiger partial charge in [0.15, 0.2) is 0 Å². The Morgan fingerprint density at radius 1 is 1.22 bits per heavy atom. The second-order valence-electron chi connectivity index (χ2n) is 4.47. The molecule has 0 bridgehead atoms. The van der Waals surface area contributed by atoms with Crippen molar-refractivity contribution < 1.29 is 9.59 Å². The number of Topliss-reactive ketones (excluding diaryl/α,β-unsaturated/α-hetero) is 1. The summed E-state index contributed by atoms with van der Waals surface area (Å²) in [6.07, 6.45) is 4.10. The van der Waals surface area contributed by atoms with Crippen molar-refractivity contribution in [1.29, 1.82) is 0 Å². The van der Waals surface area contributed by atoms with E-state index in [9.17, 15) is 9.59 Å². The molecule has 0 aliphatic rings. The van der Waals surface area contributed by atoms with Crippen molar-refractivity contribution in [2.24, 2.45) is 5.92 Å². The van der Waals surface area contributed by atoms with Crippen molar-refractivity contribution in [2.75, 3.05) is 5.88 Å². The van der Waals surface area contributed by atoms with Crippen molar-refractivity contribution >= 4 is 23.7 Å². The van der Waals surface area contributed by atoms with Gasteiger partial charge in [-0.2, -0.15) is 0 Å². The Hall–Kier alpha value is -1.15. The molecule has 0 N–H and O–H groups in total. The highest BCUT2D eigenvalue weighted by Gasteiger charge is 2.13. The highest BCUT2D eigenvalue weighted by atomic mass is 35.5. The van der Waals surface area contributed by atoms with Gasteiger partial charge in [-0.15, -0.1) is 11.6 Å². The number of halogens is 1. The zero-order chi connectivity index (χ0) is 13.2. The minimum Gasteiger partial charge on any atom is -0.303 e. The molecule has 1 unspecified atom stereocenters. The van der Waals surface area contributed by atoms with E-state index in [2.05, 4.69) is 0 Å². The van der Waals surface area contributed by atoms with Crippen LogP contribution in [0, 0.1) is 5.92 Å². The monoisotopic (exact) mass is 266 g/mol. The minimum absolute atomic E-state index is 0.160. The molecule has 0 spiro atoms. The van der Waals surface area contributed by atoms with E-state index in [1.54, 1.807) is 0 Å². The Balaban J connectivity index is 2.37. The molecule has 0 saturated heterocycles. The molecule has 18 heavy (non-hydrogen) atoms. The average molecular weight is 267 g/mol. The summed E-state index contributed by atoms with van der Waals surface area (Å²) in [5, 5.41) is 0. The molecule has 0 amide bonds. The lowest BCUT2D eigenvalue weighted by Gasteiger charge is -2.09. The first-order valence-corrected chi connectivity index (χ1v) is 6.86. The molecule has 1 rings (SSSR count). The van der Waals surface area contributed by atoms with Crippen molar-refractivity contribution in [1.82, 2.24) is 0 Å². The molecule has 1 aromatic rings. The van der Waals surface area contributed by atoms with E-state index in [1.807, 2.05) is 30.3 Å². The van der Waals surface area contributed by atoms with Crippen LogP contribution in [0.4, 0.5) is 0 Å². The van der Waals surface area contributed by atoms with Crippen LogP contribution in [0.5, 0.6) is 0 Å². The summed E-state index contributed by atoms with van der Waals surface area (Å²) in [4.78, 5) is 22.7. The van der Waals surface area contributed by atoms with Gasteiger partial charge >= 0.3 is 0 Å². The molecule has 98 valence electrons. The third kappa shape index (κ3) is 5.97. The predicted octanol–water partition coefficient (Wildman–Crippen LogP) is 3.41. The number of hydrogen-bond donors (Lipinski definition) is 0. The van der Waals surface area contributed by atoms with E-state index in [1.165, 1.54) is 0 Å². The lowest BCUT2D eigenvalue weighted by atomic mass is 9.94. The molecule has 0 fully saturated rings. The van der Waals surface area contributed by atoms with Crippen LogP contribution in [-0.4, -0.2) is 17.9 Å². The third-order valence-electron chi connectivity index (χ3n) is 2.86. The Bertz CT molecular complexity index is 362. The van der Waals surface area contributed by atoms with Gasteiger partial charge in [0, 0.05) is 24.6 Å². The van der Waals surface area contributed by atoms with Crippen LogP contribution in [0.15, 0.2) is 30.3 Å². The van der Waals surface area contributed by atoms with Gasteiger partial charge in [0.05, 0.1) is 0 Å². The second-order valence-corrected chi connectivity index (χ2v) is 4.85. The van der Waals surface area contributed by atoms with Gasteiger partial charge in [-0.05, 0) is 24.8 Å². The van der Waals surface area contributed by atoms with Crippen LogP contribution >= 0.6 is 11.6 Å². The fraction of sp³-hybridized carbons (Fsp3) is 0.467. The molecule has 0 aromatic heterocycles. The number of rotatable bonds is 9. The van der Waals surface area contributed by atoms with Crippen LogP contribution in [-0.2, 0) is 16.0 Å². The highest BCUT2D eigenvalue weighted by molar-refractivity contribution is 6.17. The Morgan fingerprint density at radius 2 is 1.94 bits per heavy atom. The summed E-state index contributed by atoms with van der Waals surface area (Å²) in [6.45, 7) is 0. The first-order valence-electron chi connectivity index (χ1n) is 6.33. The van der Waals surface area contributed by atoms with E-state index >= 15 is 0 Å². The Morgan fingerprint density at radius 3 is 2.56 bits per heavy atom. The van der Waals surface area contributed by atoms with Crippen molar-refractivity contribution in [3.63, 3.8) is 0 Å². The maximum Gasteiger partial charge on any atom is 0.133 e. The molecule has 2 nitrogen and oxygen atoms in total. The van der Waals surface area contributed by atoms with Gasteiger partial charge < -0.3 is 4.79 Å². The fourth-order valence-corrected chi connectivity index (χ4v) is 2.09. The number of carbonyl (C=O) groups is 2. The van der Waals surface area contributed by atoms with Crippen LogP contribution < -0.4 is 0 Å². The first-order chi connectivity index (χ1) is 8.76. The van der Waals surface area contributed by atoms with Gasteiger partial charge in [-0.25, -0.2) is 0 Å². The van der Waals surface area contributed by atoms with E-state index in [0.717, 1.165) is 24.7 Å². The van der Waals surface area contributed by atoms with Crippen LogP contribution in [0.25, 0.3) is 0 Å². The number of aldehydes is 1. The summed E-state index contributed by atoms with van der Waals surface area (Å²) in [6, 6.07) is 9.79. The quantitative estimate of drug-likeness (QED) is 0.390. The number of unbranched alkanes of at least 4 members (excludes halogenated alkanes) is 1. The van der Waals surface area contributed by atoms with Gasteiger partial charge in [-0.3, -0.25) is 4.79 Å². The zero-order valence-corrected chi connectivity index (χ0v) is 11.2. The molecule has 0 aliphatic carbocycles. The number of hydrogen-bond acceptors (Lipinski definition) is 2. The summed E-state index contributed by atoms with van der Waals surface area (Å²) < 4.78 is 0. The Labute approximate surface area is 113 Å². The lowest BCUT2D eigenvalue weighted by Crippen LogP contribution is -2.12. The molecule has 0 radical (unpaired) electrons. The SMILES string of the molecule is O=CC(CC(=O)CCCCCl)Cc1ccccc1. The molecular formula is C15H19ClO2. The molecule has 0 saturated carbocycles. The fourth-order valence-electron chi connectivity index (χ4n) is 1.90. The number of carbonyl (C=O) groups excluding carboxylic acids is 2. The van der Waals surface area contributed by atoms with Crippen LogP contribution in [0.2, 0.25) is 0 Å². The molecular weight excluding hydrogens is 248 g/mol. The Kier molecular flexibility index (Phi) is 7.35.